The molecule has 4 nitrogen and oxygen atoms in total. The lowest BCUT2D eigenvalue weighted by molar-refractivity contribution is -0.122. The number of nitrogens with zero attached hydrogens (tertiary/aromatic N) is 1. The molecule has 0 atom stereocenters. The van der Waals surface area contributed by atoms with Gasteiger partial charge in [0.1, 0.15) is 5.82 Å². The fourth-order valence-electron chi connectivity index (χ4n) is 2.59. The molecular formula is C16H25ClFN3O. The van der Waals surface area contributed by atoms with E-state index in [9.17, 15) is 9.18 Å². The predicted octanol–water partition coefficient (Wildman–Crippen LogP) is 1.84. The largest absolute Gasteiger partial charge is 0.351 e. The maximum absolute atomic E-state index is 13.4. The van der Waals surface area contributed by atoms with Gasteiger partial charge in [-0.05, 0) is 62.5 Å². The highest BCUT2D eigenvalue weighted by Crippen LogP contribution is 2.15. The van der Waals surface area contributed by atoms with Gasteiger partial charge in [0.15, 0.2) is 0 Å². The highest BCUT2D eigenvalue weighted by molar-refractivity contribution is 5.85. The Kier molecular flexibility index (Phi) is 7.79. The first-order valence-electron chi connectivity index (χ1n) is 7.52. The Hall–Kier alpha value is -1.17. The molecule has 0 spiro atoms. The standard InChI is InChI=1S/C16H24FN3O.ClH/c1-12-2-3-14(8-15(12)17)10-19-16(21)11-20-6-4-13(9-18)5-7-20;/h2-3,8,13H,4-7,9-11,18H2,1H3,(H,19,21);1H. The molecule has 22 heavy (non-hydrogen) atoms. The molecule has 0 saturated carbocycles. The average molecular weight is 330 g/mol. The quantitative estimate of drug-likeness (QED) is 0.866. The van der Waals surface area contributed by atoms with Crippen molar-refractivity contribution in [3.63, 3.8) is 0 Å². The number of halogens is 2. The SMILES string of the molecule is Cc1ccc(CNC(=O)CN2CCC(CN)CC2)cc1F.Cl. The van der Waals surface area contributed by atoms with Crippen molar-refractivity contribution in [1.82, 2.24) is 10.2 Å². The monoisotopic (exact) mass is 329 g/mol. The van der Waals surface area contributed by atoms with Crippen LogP contribution >= 0.6 is 12.4 Å². The van der Waals surface area contributed by atoms with Gasteiger partial charge >= 0.3 is 0 Å². The molecule has 1 aromatic carbocycles. The number of carbonyl (C=O) groups excluding carboxylic acids is 1. The number of amides is 1. The molecule has 6 heteroatoms. The van der Waals surface area contributed by atoms with Gasteiger partial charge in [-0.2, -0.15) is 0 Å². The van der Waals surface area contributed by atoms with Crippen molar-refractivity contribution in [3.8, 4) is 0 Å². The van der Waals surface area contributed by atoms with E-state index in [0.29, 0.717) is 24.6 Å². The minimum absolute atomic E-state index is 0. The van der Waals surface area contributed by atoms with Crippen molar-refractivity contribution < 1.29 is 9.18 Å². The summed E-state index contributed by atoms with van der Waals surface area (Å²) in [6.45, 7) is 5.09. The zero-order valence-electron chi connectivity index (χ0n) is 13.0. The predicted molar refractivity (Wildman–Crippen MR) is 88.5 cm³/mol. The van der Waals surface area contributed by atoms with E-state index >= 15 is 0 Å². The zero-order valence-corrected chi connectivity index (χ0v) is 13.8. The second kappa shape index (κ2) is 9.08. The Bertz CT molecular complexity index is 490. The molecule has 1 fully saturated rings. The van der Waals surface area contributed by atoms with Gasteiger partial charge in [0.05, 0.1) is 6.54 Å². The third kappa shape index (κ3) is 5.55. The van der Waals surface area contributed by atoms with Gasteiger partial charge in [-0.3, -0.25) is 9.69 Å². The number of hydrogen-bond acceptors (Lipinski definition) is 3. The van der Waals surface area contributed by atoms with Crippen molar-refractivity contribution in [2.45, 2.75) is 26.3 Å². The summed E-state index contributed by atoms with van der Waals surface area (Å²) in [5.41, 5.74) is 7.06. The first-order valence-corrected chi connectivity index (χ1v) is 7.52. The third-order valence-corrected chi connectivity index (χ3v) is 4.13. The van der Waals surface area contributed by atoms with Gasteiger partial charge < -0.3 is 11.1 Å². The molecule has 0 radical (unpaired) electrons. The number of likely N-dealkylation sites (tertiary alicyclic amines) is 1. The summed E-state index contributed by atoms with van der Waals surface area (Å²) >= 11 is 0. The molecule has 0 aliphatic carbocycles. The summed E-state index contributed by atoms with van der Waals surface area (Å²) in [6, 6.07) is 5.04. The number of aryl methyl sites for hydroxylation is 1. The van der Waals surface area contributed by atoms with Crippen molar-refractivity contribution in [3.05, 3.63) is 35.1 Å². The lowest BCUT2D eigenvalue weighted by atomic mass is 9.97. The molecule has 1 heterocycles. The van der Waals surface area contributed by atoms with E-state index in [1.165, 1.54) is 6.07 Å². The molecule has 0 bridgehead atoms. The molecule has 1 aliphatic rings. The number of rotatable bonds is 5. The highest BCUT2D eigenvalue weighted by Gasteiger charge is 2.19. The summed E-state index contributed by atoms with van der Waals surface area (Å²) in [5, 5.41) is 2.85. The van der Waals surface area contributed by atoms with Crippen molar-refractivity contribution >= 4 is 18.3 Å². The van der Waals surface area contributed by atoms with Crippen LogP contribution in [-0.4, -0.2) is 37.0 Å². The smallest absolute Gasteiger partial charge is 0.234 e. The normalized spacial score (nSPS) is 16.1. The first kappa shape index (κ1) is 18.9. The molecule has 1 aliphatic heterocycles. The van der Waals surface area contributed by atoms with Crippen LogP contribution in [0.4, 0.5) is 4.39 Å². The first-order chi connectivity index (χ1) is 10.1. The number of nitrogens with two attached hydrogens (primary N) is 1. The highest BCUT2D eigenvalue weighted by atomic mass is 35.5. The Labute approximate surface area is 137 Å². The minimum Gasteiger partial charge on any atom is -0.351 e. The van der Waals surface area contributed by atoms with Crippen LogP contribution in [0.3, 0.4) is 0 Å². The summed E-state index contributed by atoms with van der Waals surface area (Å²) in [7, 11) is 0. The Morgan fingerprint density at radius 3 is 2.68 bits per heavy atom. The summed E-state index contributed by atoms with van der Waals surface area (Å²) in [5.74, 6) is 0.354. The van der Waals surface area contributed by atoms with E-state index in [0.717, 1.165) is 38.0 Å². The van der Waals surface area contributed by atoms with Gasteiger partial charge in [0, 0.05) is 6.54 Å². The number of piperidine rings is 1. The number of carbonyl (C=O) groups is 1. The van der Waals surface area contributed by atoms with Crippen LogP contribution in [0.5, 0.6) is 0 Å². The Morgan fingerprint density at radius 2 is 2.09 bits per heavy atom. The molecular weight excluding hydrogens is 305 g/mol. The van der Waals surface area contributed by atoms with E-state index < -0.39 is 0 Å². The number of nitrogens with one attached hydrogen (secondary N) is 1. The maximum atomic E-state index is 13.4. The second-order valence-corrected chi connectivity index (χ2v) is 5.82. The zero-order chi connectivity index (χ0) is 15.2. The molecule has 0 unspecified atom stereocenters. The fourth-order valence-corrected chi connectivity index (χ4v) is 2.59. The lowest BCUT2D eigenvalue weighted by Gasteiger charge is -2.30. The van der Waals surface area contributed by atoms with Crippen molar-refractivity contribution in [1.29, 1.82) is 0 Å². The van der Waals surface area contributed by atoms with Gasteiger partial charge in [-0.25, -0.2) is 4.39 Å². The number of hydrogen-bond donors (Lipinski definition) is 2. The average Bonchev–Trinajstić information content (AvgIpc) is 2.49. The van der Waals surface area contributed by atoms with Crippen molar-refractivity contribution in [2.24, 2.45) is 11.7 Å². The van der Waals surface area contributed by atoms with Crippen LogP contribution in [0.1, 0.15) is 24.0 Å². The van der Waals surface area contributed by atoms with E-state index in [1.54, 1.807) is 13.0 Å². The van der Waals surface area contributed by atoms with Crippen LogP contribution in [0, 0.1) is 18.7 Å². The molecule has 1 aromatic rings. The Balaban J connectivity index is 0.00000242. The van der Waals surface area contributed by atoms with Gasteiger partial charge in [0.25, 0.3) is 0 Å². The maximum Gasteiger partial charge on any atom is 0.234 e. The molecule has 2 rings (SSSR count). The van der Waals surface area contributed by atoms with Crippen LogP contribution in [-0.2, 0) is 11.3 Å². The topological polar surface area (TPSA) is 58.4 Å². The summed E-state index contributed by atoms with van der Waals surface area (Å²) < 4.78 is 13.4. The molecule has 124 valence electrons. The molecule has 3 N–H and O–H groups in total. The number of benzene rings is 1. The van der Waals surface area contributed by atoms with Crippen LogP contribution in [0.2, 0.25) is 0 Å². The molecule has 1 saturated heterocycles. The van der Waals surface area contributed by atoms with Gasteiger partial charge in [0.2, 0.25) is 5.91 Å². The lowest BCUT2D eigenvalue weighted by Crippen LogP contribution is -2.42. The van der Waals surface area contributed by atoms with E-state index in [4.69, 9.17) is 5.73 Å². The van der Waals surface area contributed by atoms with E-state index in [1.807, 2.05) is 6.07 Å². The minimum atomic E-state index is -0.231. The second-order valence-electron chi connectivity index (χ2n) is 5.82. The van der Waals surface area contributed by atoms with E-state index in [-0.39, 0.29) is 24.1 Å². The fraction of sp³-hybridized carbons (Fsp3) is 0.562. The summed E-state index contributed by atoms with van der Waals surface area (Å²) in [4.78, 5) is 14.1. The van der Waals surface area contributed by atoms with E-state index in [2.05, 4.69) is 10.2 Å². The van der Waals surface area contributed by atoms with Gasteiger partial charge in [-0.15, -0.1) is 12.4 Å². The van der Waals surface area contributed by atoms with Gasteiger partial charge in [-0.1, -0.05) is 12.1 Å². The molecule has 1 amide bonds. The summed E-state index contributed by atoms with van der Waals surface area (Å²) in [6.07, 6.45) is 2.12. The van der Waals surface area contributed by atoms with Crippen LogP contribution in [0.15, 0.2) is 18.2 Å². The van der Waals surface area contributed by atoms with Crippen LogP contribution in [0.25, 0.3) is 0 Å². The Morgan fingerprint density at radius 1 is 1.41 bits per heavy atom. The third-order valence-electron chi connectivity index (χ3n) is 4.13. The molecule has 0 aromatic heterocycles. The van der Waals surface area contributed by atoms with Crippen LogP contribution < -0.4 is 11.1 Å². The van der Waals surface area contributed by atoms with Crippen molar-refractivity contribution in [2.75, 3.05) is 26.2 Å².